The first-order chi connectivity index (χ1) is 12.3. The molecule has 3 atom stereocenters. The van der Waals surface area contributed by atoms with E-state index in [1.165, 1.54) is 14.2 Å². The second kappa shape index (κ2) is 8.17. The Kier molecular flexibility index (Phi) is 6.18. The molecule has 6 nitrogen and oxygen atoms in total. The van der Waals surface area contributed by atoms with Gasteiger partial charge in [-0.15, -0.1) is 0 Å². The van der Waals surface area contributed by atoms with Gasteiger partial charge in [-0.05, 0) is 37.5 Å². The third-order valence-electron chi connectivity index (χ3n) is 4.90. The fourth-order valence-corrected chi connectivity index (χ4v) is 3.57. The quantitative estimate of drug-likeness (QED) is 0.755. The van der Waals surface area contributed by atoms with E-state index in [4.69, 9.17) is 14.2 Å². The molecule has 6 heteroatoms. The molecule has 0 spiro atoms. The highest BCUT2D eigenvalue weighted by atomic mass is 16.5. The predicted octanol–water partition coefficient (Wildman–Crippen LogP) is 3.13. The Labute approximate surface area is 153 Å². The molecule has 0 aromatic heterocycles. The van der Waals surface area contributed by atoms with Crippen LogP contribution in [0.5, 0.6) is 5.75 Å². The van der Waals surface area contributed by atoms with Gasteiger partial charge in [0.25, 0.3) is 0 Å². The van der Waals surface area contributed by atoms with Crippen molar-refractivity contribution in [3.05, 3.63) is 41.1 Å². The molecular formula is C20H25NO5. The highest BCUT2D eigenvalue weighted by Gasteiger charge is 2.44. The van der Waals surface area contributed by atoms with Crippen molar-refractivity contribution in [3.63, 3.8) is 0 Å². The average molecular weight is 359 g/mol. The zero-order valence-electron chi connectivity index (χ0n) is 16.0. The van der Waals surface area contributed by atoms with E-state index in [0.29, 0.717) is 22.7 Å². The number of esters is 2. The van der Waals surface area contributed by atoms with E-state index in [0.717, 1.165) is 5.56 Å². The van der Waals surface area contributed by atoms with Crippen molar-refractivity contribution < 1.29 is 23.8 Å². The number of carbonyl (C=O) groups is 2. The minimum atomic E-state index is -0.654. The molecule has 0 N–H and O–H groups in total. The number of carbonyl (C=O) groups excluding carboxylic acids is 2. The molecule has 2 rings (SSSR count). The maximum Gasteiger partial charge on any atom is 0.335 e. The molecule has 0 amide bonds. The van der Waals surface area contributed by atoms with Crippen LogP contribution < -0.4 is 4.74 Å². The molecule has 0 saturated carbocycles. The van der Waals surface area contributed by atoms with E-state index in [1.807, 2.05) is 31.2 Å². The van der Waals surface area contributed by atoms with Crippen LogP contribution in [-0.2, 0) is 19.1 Å². The summed E-state index contributed by atoms with van der Waals surface area (Å²) in [5.41, 5.74) is 2.55. The third kappa shape index (κ3) is 3.64. The predicted molar refractivity (Wildman–Crippen MR) is 98.2 cm³/mol. The highest BCUT2D eigenvalue weighted by molar-refractivity contribution is 6.05. The number of hydrogen-bond donors (Lipinski definition) is 0. The Balaban J connectivity index is 2.60. The van der Waals surface area contributed by atoms with Gasteiger partial charge in [0.05, 0.1) is 26.9 Å². The third-order valence-corrected chi connectivity index (χ3v) is 4.90. The summed E-state index contributed by atoms with van der Waals surface area (Å²) in [5.74, 6) is -1.44. The smallest absolute Gasteiger partial charge is 0.335 e. The van der Waals surface area contributed by atoms with E-state index in [-0.39, 0.29) is 5.92 Å². The maximum atomic E-state index is 12.5. The number of rotatable bonds is 5. The van der Waals surface area contributed by atoms with Crippen LogP contribution in [0.1, 0.15) is 32.3 Å². The Morgan fingerprint density at radius 2 is 1.81 bits per heavy atom. The second-order valence-electron chi connectivity index (χ2n) is 6.34. The zero-order valence-corrected chi connectivity index (χ0v) is 16.0. The number of nitrogens with zero attached hydrogens (tertiary/aromatic N) is 1. The van der Waals surface area contributed by atoms with Crippen LogP contribution in [0.2, 0.25) is 0 Å². The summed E-state index contributed by atoms with van der Waals surface area (Å²) < 4.78 is 15.3. The lowest BCUT2D eigenvalue weighted by Gasteiger charge is -2.35. The van der Waals surface area contributed by atoms with Gasteiger partial charge in [-0.3, -0.25) is 9.79 Å². The van der Waals surface area contributed by atoms with E-state index >= 15 is 0 Å². The van der Waals surface area contributed by atoms with Crippen molar-refractivity contribution in [2.75, 3.05) is 21.3 Å². The number of hydrogen-bond acceptors (Lipinski definition) is 6. The first-order valence-electron chi connectivity index (χ1n) is 8.41. The van der Waals surface area contributed by atoms with Gasteiger partial charge in [-0.2, -0.15) is 0 Å². The molecule has 140 valence electrons. The first kappa shape index (κ1) is 19.7. The van der Waals surface area contributed by atoms with Crippen LogP contribution >= 0.6 is 0 Å². The molecule has 1 aliphatic rings. The summed E-state index contributed by atoms with van der Waals surface area (Å²) in [4.78, 5) is 29.4. The van der Waals surface area contributed by atoms with Gasteiger partial charge in [0.15, 0.2) is 0 Å². The van der Waals surface area contributed by atoms with Crippen LogP contribution in [-0.4, -0.2) is 39.0 Å². The van der Waals surface area contributed by atoms with Crippen molar-refractivity contribution in [3.8, 4) is 5.75 Å². The summed E-state index contributed by atoms with van der Waals surface area (Å²) in [7, 11) is 4.27. The Bertz CT molecular complexity index is 765. The number of allylic oxidation sites excluding steroid dienone is 1. The van der Waals surface area contributed by atoms with Crippen molar-refractivity contribution in [1.29, 1.82) is 0 Å². The van der Waals surface area contributed by atoms with Gasteiger partial charge >= 0.3 is 11.9 Å². The molecule has 1 heterocycles. The molecule has 26 heavy (non-hydrogen) atoms. The van der Waals surface area contributed by atoms with Gasteiger partial charge in [-0.25, -0.2) is 4.79 Å². The maximum absolute atomic E-state index is 12.5. The number of ether oxygens (including phenoxy) is 3. The normalized spacial score (nSPS) is 20.9. The molecule has 0 saturated heterocycles. The Morgan fingerprint density at radius 3 is 2.38 bits per heavy atom. The average Bonchev–Trinajstić information content (AvgIpc) is 2.65. The minimum absolute atomic E-state index is 0.163. The lowest BCUT2D eigenvalue weighted by molar-refractivity contribution is -0.145. The van der Waals surface area contributed by atoms with E-state index in [2.05, 4.69) is 4.99 Å². The molecular weight excluding hydrogens is 334 g/mol. The van der Waals surface area contributed by atoms with Crippen LogP contribution in [0.3, 0.4) is 0 Å². The lowest BCUT2D eigenvalue weighted by atomic mass is 9.71. The second-order valence-corrected chi connectivity index (χ2v) is 6.34. The van der Waals surface area contributed by atoms with Gasteiger partial charge < -0.3 is 14.2 Å². The van der Waals surface area contributed by atoms with Crippen molar-refractivity contribution >= 4 is 17.7 Å². The fourth-order valence-electron chi connectivity index (χ4n) is 3.57. The molecule has 3 unspecified atom stereocenters. The van der Waals surface area contributed by atoms with Crippen molar-refractivity contribution in [1.82, 2.24) is 0 Å². The molecule has 1 aliphatic heterocycles. The topological polar surface area (TPSA) is 74.2 Å². The molecule has 0 aliphatic carbocycles. The molecule has 0 bridgehead atoms. The van der Waals surface area contributed by atoms with Crippen LogP contribution in [0.15, 0.2) is 40.5 Å². The SMILES string of the molecule is COC(=O)C1=C(C)N=C(C)C(C(=O)OC)C1C(C)c1cccc(OC)c1. The summed E-state index contributed by atoms with van der Waals surface area (Å²) >= 11 is 0. The van der Waals surface area contributed by atoms with Crippen LogP contribution in [0.25, 0.3) is 0 Å². The molecule has 0 fully saturated rings. The Morgan fingerprint density at radius 1 is 1.12 bits per heavy atom. The van der Waals surface area contributed by atoms with Crippen LogP contribution in [0.4, 0.5) is 0 Å². The summed E-state index contributed by atoms with van der Waals surface area (Å²) in [6.45, 7) is 5.52. The van der Waals surface area contributed by atoms with Gasteiger partial charge in [0, 0.05) is 17.3 Å². The van der Waals surface area contributed by atoms with Crippen molar-refractivity contribution in [2.24, 2.45) is 16.8 Å². The zero-order chi connectivity index (χ0) is 19.4. The van der Waals surface area contributed by atoms with Gasteiger partial charge in [-0.1, -0.05) is 19.1 Å². The fraction of sp³-hybridized carbons (Fsp3) is 0.450. The monoisotopic (exact) mass is 359 g/mol. The van der Waals surface area contributed by atoms with Gasteiger partial charge in [0.1, 0.15) is 11.7 Å². The van der Waals surface area contributed by atoms with E-state index < -0.39 is 23.8 Å². The summed E-state index contributed by atoms with van der Waals surface area (Å²) in [5, 5.41) is 0. The number of aliphatic imine (C=N–C) groups is 1. The van der Waals surface area contributed by atoms with E-state index in [9.17, 15) is 9.59 Å². The van der Waals surface area contributed by atoms with Crippen molar-refractivity contribution in [2.45, 2.75) is 26.7 Å². The first-order valence-corrected chi connectivity index (χ1v) is 8.41. The Hall–Kier alpha value is -2.63. The standard InChI is InChI=1S/C20H25NO5/c1-11(14-8-7-9-15(10-14)24-4)16-17(19(22)25-5)12(2)21-13(3)18(16)20(23)26-6/h7-11,16-17H,1-6H3. The minimum Gasteiger partial charge on any atom is -0.497 e. The van der Waals surface area contributed by atoms with Crippen LogP contribution in [0, 0.1) is 11.8 Å². The highest BCUT2D eigenvalue weighted by Crippen LogP contribution is 2.42. The van der Waals surface area contributed by atoms with Gasteiger partial charge in [0.2, 0.25) is 0 Å². The molecule has 1 aromatic carbocycles. The summed E-state index contributed by atoms with van der Waals surface area (Å²) in [6.07, 6.45) is 0. The number of benzene rings is 1. The lowest BCUT2D eigenvalue weighted by Crippen LogP contribution is -2.39. The van der Waals surface area contributed by atoms with E-state index in [1.54, 1.807) is 21.0 Å². The molecule has 0 radical (unpaired) electrons. The number of methoxy groups -OCH3 is 3. The summed E-state index contributed by atoms with van der Waals surface area (Å²) in [6, 6.07) is 7.59. The molecule has 1 aromatic rings. The largest absolute Gasteiger partial charge is 0.497 e.